The number of aromatic nitrogens is 3. The van der Waals surface area contributed by atoms with Crippen LogP contribution in [0.2, 0.25) is 5.02 Å². The largest absolute Gasteiger partial charge is 0.486 e. The molecule has 27 heavy (non-hydrogen) atoms. The molecule has 140 valence electrons. The standard InChI is InChI=1S/C19H18ClN3O3S/c1-2-23-17(11-26-16-8-6-15(20)7-9-16)21-22-19(23)27-12-13-4-3-5-14(10-13)18(24)25/h3-10H,2,11-12H2,1H3,(H,24,25). The fourth-order valence-electron chi connectivity index (χ4n) is 2.47. The first-order valence-electron chi connectivity index (χ1n) is 8.32. The number of carboxylic acids is 1. The summed E-state index contributed by atoms with van der Waals surface area (Å²) in [5.41, 5.74) is 1.20. The predicted octanol–water partition coefficient (Wildman–Crippen LogP) is 4.52. The Morgan fingerprint density at radius 1 is 1.22 bits per heavy atom. The zero-order chi connectivity index (χ0) is 19.2. The van der Waals surface area contributed by atoms with Crippen molar-refractivity contribution in [3.63, 3.8) is 0 Å². The zero-order valence-electron chi connectivity index (χ0n) is 14.6. The van der Waals surface area contributed by atoms with E-state index in [4.69, 9.17) is 21.4 Å². The molecular formula is C19H18ClN3O3S. The van der Waals surface area contributed by atoms with Crippen molar-refractivity contribution in [2.75, 3.05) is 0 Å². The number of nitrogens with zero attached hydrogens (tertiary/aromatic N) is 3. The number of ether oxygens (including phenoxy) is 1. The third kappa shape index (κ3) is 5.02. The molecular weight excluding hydrogens is 386 g/mol. The van der Waals surface area contributed by atoms with Gasteiger partial charge in [-0.2, -0.15) is 0 Å². The Bertz CT molecular complexity index is 928. The summed E-state index contributed by atoms with van der Waals surface area (Å²) >= 11 is 7.39. The van der Waals surface area contributed by atoms with E-state index in [-0.39, 0.29) is 5.56 Å². The van der Waals surface area contributed by atoms with Crippen LogP contribution in [0.4, 0.5) is 0 Å². The molecule has 1 aromatic heterocycles. The summed E-state index contributed by atoms with van der Waals surface area (Å²) in [6, 6.07) is 14.1. The van der Waals surface area contributed by atoms with Crippen molar-refractivity contribution in [2.24, 2.45) is 0 Å². The van der Waals surface area contributed by atoms with Gasteiger partial charge in [0.25, 0.3) is 0 Å². The van der Waals surface area contributed by atoms with E-state index in [0.717, 1.165) is 16.5 Å². The maximum Gasteiger partial charge on any atom is 0.335 e. The van der Waals surface area contributed by atoms with Crippen molar-refractivity contribution >= 4 is 29.3 Å². The lowest BCUT2D eigenvalue weighted by atomic mass is 10.1. The predicted molar refractivity (Wildman–Crippen MR) is 104 cm³/mol. The zero-order valence-corrected chi connectivity index (χ0v) is 16.2. The lowest BCUT2D eigenvalue weighted by Gasteiger charge is -2.09. The number of halogens is 1. The molecule has 0 fully saturated rings. The normalized spacial score (nSPS) is 10.7. The van der Waals surface area contributed by atoms with Crippen LogP contribution in [0.1, 0.15) is 28.7 Å². The van der Waals surface area contributed by atoms with Gasteiger partial charge in [-0.15, -0.1) is 10.2 Å². The molecule has 1 N–H and O–H groups in total. The second kappa shape index (κ2) is 8.92. The molecule has 0 aliphatic carbocycles. The molecule has 0 spiro atoms. The van der Waals surface area contributed by atoms with Crippen molar-refractivity contribution in [1.82, 2.24) is 14.8 Å². The molecule has 0 bridgehead atoms. The molecule has 1 heterocycles. The van der Waals surface area contributed by atoms with Crippen LogP contribution in [0.15, 0.2) is 53.7 Å². The average Bonchev–Trinajstić information content (AvgIpc) is 3.08. The molecule has 0 aliphatic rings. The number of hydrogen-bond acceptors (Lipinski definition) is 5. The SMILES string of the molecule is CCn1c(COc2ccc(Cl)cc2)nnc1SCc1cccc(C(=O)O)c1. The van der Waals surface area contributed by atoms with E-state index in [0.29, 0.717) is 29.7 Å². The molecule has 8 heteroatoms. The van der Waals surface area contributed by atoms with Crippen LogP contribution in [0.5, 0.6) is 5.75 Å². The summed E-state index contributed by atoms with van der Waals surface area (Å²) in [6.45, 7) is 3.03. The van der Waals surface area contributed by atoms with Gasteiger partial charge in [0.05, 0.1) is 5.56 Å². The monoisotopic (exact) mass is 403 g/mol. The molecule has 0 unspecified atom stereocenters. The molecule has 6 nitrogen and oxygen atoms in total. The van der Waals surface area contributed by atoms with Crippen LogP contribution in [-0.2, 0) is 18.9 Å². The molecule has 2 aromatic carbocycles. The third-order valence-corrected chi connectivity index (χ3v) is 5.12. The number of carboxylic acid groups (broad SMARTS) is 1. The second-order valence-electron chi connectivity index (χ2n) is 5.68. The van der Waals surface area contributed by atoms with Gasteiger partial charge in [0.2, 0.25) is 0 Å². The quantitative estimate of drug-likeness (QED) is 0.557. The number of thioether (sulfide) groups is 1. The smallest absolute Gasteiger partial charge is 0.335 e. The first-order chi connectivity index (χ1) is 13.1. The number of benzene rings is 2. The number of rotatable bonds is 8. The summed E-state index contributed by atoms with van der Waals surface area (Å²) < 4.78 is 7.74. The minimum atomic E-state index is -0.930. The van der Waals surface area contributed by atoms with E-state index < -0.39 is 5.97 Å². The number of aromatic carboxylic acids is 1. The van der Waals surface area contributed by atoms with Crippen LogP contribution in [0.25, 0.3) is 0 Å². The minimum Gasteiger partial charge on any atom is -0.486 e. The highest BCUT2D eigenvalue weighted by Gasteiger charge is 2.13. The summed E-state index contributed by atoms with van der Waals surface area (Å²) in [5, 5.41) is 19.0. The van der Waals surface area contributed by atoms with Gasteiger partial charge in [-0.1, -0.05) is 35.5 Å². The Morgan fingerprint density at radius 3 is 2.70 bits per heavy atom. The first kappa shape index (κ1) is 19.3. The van der Waals surface area contributed by atoms with E-state index >= 15 is 0 Å². The summed E-state index contributed by atoms with van der Waals surface area (Å²) in [4.78, 5) is 11.1. The van der Waals surface area contributed by atoms with Crippen molar-refractivity contribution in [3.8, 4) is 5.75 Å². The maximum atomic E-state index is 11.1. The van der Waals surface area contributed by atoms with Crippen LogP contribution in [0.3, 0.4) is 0 Å². The van der Waals surface area contributed by atoms with Crippen molar-refractivity contribution in [3.05, 3.63) is 70.5 Å². The Hall–Kier alpha value is -2.51. The van der Waals surface area contributed by atoms with E-state index in [9.17, 15) is 4.79 Å². The van der Waals surface area contributed by atoms with Gasteiger partial charge in [0, 0.05) is 17.3 Å². The Balaban J connectivity index is 1.65. The summed E-state index contributed by atoms with van der Waals surface area (Å²) in [7, 11) is 0. The molecule has 0 atom stereocenters. The first-order valence-corrected chi connectivity index (χ1v) is 9.68. The topological polar surface area (TPSA) is 77.2 Å². The highest BCUT2D eigenvalue weighted by molar-refractivity contribution is 7.98. The second-order valence-corrected chi connectivity index (χ2v) is 7.06. The molecule has 0 aliphatic heterocycles. The van der Waals surface area contributed by atoms with Gasteiger partial charge in [-0.25, -0.2) is 4.79 Å². The number of hydrogen-bond donors (Lipinski definition) is 1. The molecule has 0 saturated heterocycles. The molecule has 0 saturated carbocycles. The van der Waals surface area contributed by atoms with Crippen LogP contribution >= 0.6 is 23.4 Å². The van der Waals surface area contributed by atoms with E-state index in [2.05, 4.69) is 10.2 Å². The van der Waals surface area contributed by atoms with Crippen molar-refractivity contribution < 1.29 is 14.6 Å². The van der Waals surface area contributed by atoms with Crippen molar-refractivity contribution in [1.29, 1.82) is 0 Å². The molecule has 0 radical (unpaired) electrons. The third-order valence-electron chi connectivity index (χ3n) is 3.83. The maximum absolute atomic E-state index is 11.1. The highest BCUT2D eigenvalue weighted by Crippen LogP contribution is 2.23. The van der Waals surface area contributed by atoms with Gasteiger partial charge < -0.3 is 14.4 Å². The van der Waals surface area contributed by atoms with Crippen molar-refractivity contribution in [2.45, 2.75) is 31.0 Å². The summed E-state index contributed by atoms with van der Waals surface area (Å²) in [6.07, 6.45) is 0. The summed E-state index contributed by atoms with van der Waals surface area (Å²) in [5.74, 6) is 1.12. The molecule has 3 rings (SSSR count). The fraction of sp³-hybridized carbons (Fsp3) is 0.211. The van der Waals surface area contributed by atoms with Crippen LogP contribution in [-0.4, -0.2) is 25.8 Å². The van der Waals surface area contributed by atoms with Crippen LogP contribution < -0.4 is 4.74 Å². The molecule has 0 amide bonds. The van der Waals surface area contributed by atoms with Crippen LogP contribution in [0, 0.1) is 0 Å². The van der Waals surface area contributed by atoms with Gasteiger partial charge in [0.15, 0.2) is 11.0 Å². The van der Waals surface area contributed by atoms with Gasteiger partial charge in [-0.05, 0) is 48.9 Å². The fourth-order valence-corrected chi connectivity index (χ4v) is 3.56. The lowest BCUT2D eigenvalue weighted by molar-refractivity contribution is 0.0697. The Kier molecular flexibility index (Phi) is 6.36. The van der Waals surface area contributed by atoms with E-state index in [1.54, 1.807) is 42.5 Å². The van der Waals surface area contributed by atoms with Gasteiger partial charge in [0.1, 0.15) is 12.4 Å². The lowest BCUT2D eigenvalue weighted by Crippen LogP contribution is -2.07. The van der Waals surface area contributed by atoms with E-state index in [1.165, 1.54) is 11.8 Å². The van der Waals surface area contributed by atoms with E-state index in [1.807, 2.05) is 17.6 Å². The molecule has 3 aromatic rings. The minimum absolute atomic E-state index is 0.280. The van der Waals surface area contributed by atoms with Gasteiger partial charge >= 0.3 is 5.97 Å². The number of carbonyl (C=O) groups is 1. The Labute approximate surface area is 166 Å². The van der Waals surface area contributed by atoms with Gasteiger partial charge in [-0.3, -0.25) is 0 Å². The highest BCUT2D eigenvalue weighted by atomic mass is 35.5. The Morgan fingerprint density at radius 2 is 2.00 bits per heavy atom. The average molecular weight is 404 g/mol.